The topological polar surface area (TPSA) is 69.9 Å². The van der Waals surface area contributed by atoms with Crippen LogP contribution in [0.15, 0.2) is 47.6 Å². The van der Waals surface area contributed by atoms with Crippen molar-refractivity contribution < 1.29 is 23.8 Å². The Hall–Kier alpha value is -3.48. The largest absolute Gasteiger partial charge is 0.375 e. The van der Waals surface area contributed by atoms with E-state index in [0.29, 0.717) is 18.0 Å². The summed E-state index contributed by atoms with van der Waals surface area (Å²) < 4.78 is 2.12. The Morgan fingerprint density at radius 3 is 2.50 bits per heavy atom. The number of allylic oxidation sites excluding steroid dienone is 5. The van der Waals surface area contributed by atoms with E-state index in [9.17, 15) is 14.4 Å². The van der Waals surface area contributed by atoms with Crippen LogP contribution in [0, 0.1) is 0 Å². The summed E-state index contributed by atoms with van der Waals surface area (Å²) in [6.45, 7) is 5.16. The van der Waals surface area contributed by atoms with Gasteiger partial charge in [0.2, 0.25) is 0 Å². The molecule has 0 unspecified atom stereocenters. The molecule has 34 heavy (non-hydrogen) atoms. The third-order valence-corrected chi connectivity index (χ3v) is 6.76. The van der Waals surface area contributed by atoms with Crippen molar-refractivity contribution in [2.75, 3.05) is 32.6 Å². The normalized spacial score (nSPS) is 18.3. The van der Waals surface area contributed by atoms with Crippen molar-refractivity contribution in [1.82, 2.24) is 5.06 Å². The average Bonchev–Trinajstić information content (AvgIpc) is 3.10. The second-order valence-corrected chi connectivity index (χ2v) is 9.78. The summed E-state index contributed by atoms with van der Waals surface area (Å²) in [4.78, 5) is 42.4. The number of imide groups is 1. The van der Waals surface area contributed by atoms with Gasteiger partial charge in [0.15, 0.2) is 5.71 Å². The third kappa shape index (κ3) is 4.47. The molecule has 7 heteroatoms. The zero-order chi connectivity index (χ0) is 24.6. The number of anilines is 1. The fraction of sp³-hybridized carbons (Fsp3) is 0.407. The number of benzene rings is 1. The van der Waals surface area contributed by atoms with E-state index < -0.39 is 17.8 Å². The van der Waals surface area contributed by atoms with Crippen LogP contribution in [0.2, 0.25) is 0 Å². The van der Waals surface area contributed by atoms with Gasteiger partial charge in [0.05, 0.1) is 0 Å². The molecule has 2 aliphatic carbocycles. The van der Waals surface area contributed by atoms with E-state index in [1.54, 1.807) is 0 Å². The predicted molar refractivity (Wildman–Crippen MR) is 131 cm³/mol. The second kappa shape index (κ2) is 9.05. The van der Waals surface area contributed by atoms with Crippen LogP contribution < -0.4 is 4.90 Å². The van der Waals surface area contributed by atoms with Crippen LogP contribution in [0.4, 0.5) is 5.69 Å². The molecule has 1 aliphatic heterocycles. The summed E-state index contributed by atoms with van der Waals surface area (Å²) in [5.74, 6) is -1.47. The van der Waals surface area contributed by atoms with Crippen molar-refractivity contribution in [3.63, 3.8) is 0 Å². The van der Waals surface area contributed by atoms with Crippen molar-refractivity contribution in [2.24, 2.45) is 0 Å². The minimum Gasteiger partial charge on any atom is -0.375 e. The first-order chi connectivity index (χ1) is 16.1. The lowest BCUT2D eigenvalue weighted by Crippen LogP contribution is -2.32. The summed E-state index contributed by atoms with van der Waals surface area (Å²) in [5, 5.41) is 0.605. The average molecular weight is 463 g/mol. The van der Waals surface area contributed by atoms with E-state index in [0.717, 1.165) is 5.69 Å². The van der Waals surface area contributed by atoms with Crippen molar-refractivity contribution in [1.29, 1.82) is 0 Å². The maximum Gasteiger partial charge on any atom is 0.333 e. The summed E-state index contributed by atoms with van der Waals surface area (Å²) in [7, 11) is 6.11. The third-order valence-electron chi connectivity index (χ3n) is 6.76. The minimum atomic E-state index is -0.563. The van der Waals surface area contributed by atoms with Gasteiger partial charge in [-0.1, -0.05) is 19.9 Å². The number of fused-ring (bicyclic) bond motifs is 2. The molecule has 0 spiro atoms. The molecule has 0 atom stereocenters. The predicted octanol–water partition coefficient (Wildman–Crippen LogP) is 3.39. The first-order valence-electron chi connectivity index (χ1n) is 11.7. The molecular weight excluding hydrogens is 430 g/mol. The molecular formula is C27H32N3O4+. The van der Waals surface area contributed by atoms with Gasteiger partial charge in [-0.25, -0.2) is 9.37 Å². The zero-order valence-corrected chi connectivity index (χ0v) is 20.6. The summed E-state index contributed by atoms with van der Waals surface area (Å²) in [6, 6.07) is 6.49. The van der Waals surface area contributed by atoms with Crippen LogP contribution in [0.3, 0.4) is 0 Å². The quantitative estimate of drug-likeness (QED) is 0.479. The molecule has 4 rings (SSSR count). The summed E-state index contributed by atoms with van der Waals surface area (Å²) in [5.41, 5.74) is 7.15. The lowest BCUT2D eigenvalue weighted by Gasteiger charge is -2.36. The second-order valence-electron chi connectivity index (χ2n) is 9.78. The van der Waals surface area contributed by atoms with Gasteiger partial charge in [-0.2, -0.15) is 0 Å². The summed E-state index contributed by atoms with van der Waals surface area (Å²) in [6.07, 6.45) is 9.74. The molecule has 178 valence electrons. The molecule has 0 radical (unpaired) electrons. The molecule has 1 saturated heterocycles. The van der Waals surface area contributed by atoms with Crippen LogP contribution >= 0.6 is 0 Å². The number of rotatable bonds is 6. The Balaban J connectivity index is 1.44. The fourth-order valence-corrected chi connectivity index (χ4v) is 4.65. The highest BCUT2D eigenvalue weighted by atomic mass is 16.7. The number of nitrogens with zero attached hydrogens (tertiary/aromatic N) is 3. The van der Waals surface area contributed by atoms with Gasteiger partial charge in [0.1, 0.15) is 14.1 Å². The standard InChI is InChI=1S/C27H32N3O4/c1-27(2)22-16-20(28(3)4)10-8-18(22)15-19-9-11-21(17-23(19)27)29(5)14-6-7-26(33)34-30-24(31)12-13-25(30)32/h8-11,15-17H,6-7,12-14H2,1-5H3/q+1. The molecule has 0 bridgehead atoms. The molecule has 3 aliphatic rings. The molecule has 0 N–H and O–H groups in total. The molecule has 2 amide bonds. The molecule has 7 nitrogen and oxygen atoms in total. The number of carbonyl (C=O) groups is 3. The van der Waals surface area contributed by atoms with Crippen molar-refractivity contribution >= 4 is 35.3 Å². The maximum absolute atomic E-state index is 12.1. The van der Waals surface area contributed by atoms with Gasteiger partial charge in [-0.15, -0.1) is 5.06 Å². The smallest absolute Gasteiger partial charge is 0.333 e. The Morgan fingerprint density at radius 1 is 1.12 bits per heavy atom. The molecule has 1 aromatic rings. The SMILES string of the molecule is CN(CCCC(=O)ON1C(=O)CCC1=O)c1ccc2c(c1)C(C)(C)C1=CC(=[N+](C)C)C=CC1=C2. The van der Waals surface area contributed by atoms with Crippen molar-refractivity contribution in [2.45, 2.75) is 44.9 Å². The number of hydrogen-bond acceptors (Lipinski definition) is 5. The number of carbonyl (C=O) groups excluding carboxylic acids is 3. The van der Waals surface area contributed by atoms with E-state index in [1.165, 1.54) is 28.0 Å². The zero-order valence-electron chi connectivity index (χ0n) is 20.6. The van der Waals surface area contributed by atoms with Crippen LogP contribution in [0.1, 0.15) is 50.7 Å². The van der Waals surface area contributed by atoms with Gasteiger partial charge in [0, 0.05) is 56.1 Å². The lowest BCUT2D eigenvalue weighted by molar-refractivity contribution is -0.462. The van der Waals surface area contributed by atoms with Crippen molar-refractivity contribution in [3.05, 3.63) is 58.7 Å². The first-order valence-corrected chi connectivity index (χ1v) is 11.7. The minimum absolute atomic E-state index is 0.0991. The molecule has 0 saturated carbocycles. The van der Waals surface area contributed by atoms with Gasteiger partial charge >= 0.3 is 5.97 Å². The van der Waals surface area contributed by atoms with E-state index in [1.807, 2.05) is 7.05 Å². The Bertz CT molecular complexity index is 1170. The highest BCUT2D eigenvalue weighted by molar-refractivity contribution is 6.05. The number of amides is 2. The van der Waals surface area contributed by atoms with Crippen LogP contribution in [0.25, 0.3) is 6.08 Å². The van der Waals surface area contributed by atoms with Crippen LogP contribution in [-0.4, -0.2) is 60.8 Å². The maximum atomic E-state index is 12.1. The Kier molecular flexibility index (Phi) is 6.30. The number of hydroxylamine groups is 2. The van der Waals surface area contributed by atoms with Gasteiger partial charge in [0.25, 0.3) is 11.8 Å². The van der Waals surface area contributed by atoms with Gasteiger partial charge in [-0.3, -0.25) is 9.59 Å². The monoisotopic (exact) mass is 462 g/mol. The van der Waals surface area contributed by atoms with Crippen LogP contribution in [-0.2, 0) is 24.6 Å². The molecule has 1 heterocycles. The highest BCUT2D eigenvalue weighted by Gasteiger charge is 2.35. The summed E-state index contributed by atoms with van der Waals surface area (Å²) >= 11 is 0. The number of hydrogen-bond donors (Lipinski definition) is 0. The van der Waals surface area contributed by atoms with E-state index in [4.69, 9.17) is 4.84 Å². The fourth-order valence-electron chi connectivity index (χ4n) is 4.65. The van der Waals surface area contributed by atoms with Gasteiger partial charge < -0.3 is 9.74 Å². The Morgan fingerprint density at radius 2 is 1.82 bits per heavy atom. The van der Waals surface area contributed by atoms with E-state index in [2.05, 4.69) is 79.9 Å². The Labute approximate surface area is 200 Å². The molecule has 0 aromatic heterocycles. The van der Waals surface area contributed by atoms with E-state index in [-0.39, 0.29) is 24.7 Å². The van der Waals surface area contributed by atoms with Gasteiger partial charge in [-0.05, 0) is 53.0 Å². The molecule has 1 aromatic carbocycles. The first kappa shape index (κ1) is 23.7. The lowest BCUT2D eigenvalue weighted by atomic mass is 9.67. The van der Waals surface area contributed by atoms with Crippen LogP contribution in [0.5, 0.6) is 0 Å². The van der Waals surface area contributed by atoms with E-state index >= 15 is 0 Å². The van der Waals surface area contributed by atoms with Crippen molar-refractivity contribution in [3.8, 4) is 0 Å². The molecule has 1 fully saturated rings. The highest BCUT2D eigenvalue weighted by Crippen LogP contribution is 2.45.